The molecule has 0 bridgehead atoms. The van der Waals surface area contributed by atoms with Gasteiger partial charge in [-0.25, -0.2) is 13.2 Å². The Morgan fingerprint density at radius 1 is 1.06 bits per heavy atom. The van der Waals surface area contributed by atoms with Gasteiger partial charge in [-0.2, -0.15) is 4.31 Å². The lowest BCUT2D eigenvalue weighted by molar-refractivity contribution is 0.0594. The Kier molecular flexibility index (Phi) is 6.90. The van der Waals surface area contributed by atoms with Gasteiger partial charge >= 0.3 is 5.97 Å². The number of pyridine rings is 1. The van der Waals surface area contributed by atoms with Gasteiger partial charge in [0.2, 0.25) is 10.0 Å². The van der Waals surface area contributed by atoms with Gasteiger partial charge in [0.15, 0.2) is 5.78 Å². The van der Waals surface area contributed by atoms with Gasteiger partial charge in [-0.15, -0.1) is 0 Å². The largest absolute Gasteiger partial charge is 0.464 e. The molecule has 0 amide bonds. The molecule has 3 aromatic rings. The molecule has 0 aliphatic rings. The summed E-state index contributed by atoms with van der Waals surface area (Å²) in [5.41, 5.74) is 2.77. The van der Waals surface area contributed by atoms with Crippen LogP contribution in [-0.2, 0) is 21.3 Å². The van der Waals surface area contributed by atoms with Gasteiger partial charge < -0.3 is 9.72 Å². The summed E-state index contributed by atoms with van der Waals surface area (Å²) in [4.78, 5) is 32.4. The van der Waals surface area contributed by atoms with Crippen molar-refractivity contribution in [1.29, 1.82) is 0 Å². The van der Waals surface area contributed by atoms with Crippen molar-refractivity contribution in [3.63, 3.8) is 0 Å². The number of sulfonamides is 1. The van der Waals surface area contributed by atoms with Gasteiger partial charge in [-0.3, -0.25) is 9.78 Å². The van der Waals surface area contributed by atoms with Gasteiger partial charge in [0.1, 0.15) is 5.69 Å². The number of aromatic nitrogens is 2. The Morgan fingerprint density at radius 3 is 2.34 bits per heavy atom. The van der Waals surface area contributed by atoms with Crippen LogP contribution < -0.4 is 0 Å². The molecule has 3 rings (SSSR count). The number of hydrogen-bond donors (Lipinski definition) is 1. The van der Waals surface area contributed by atoms with Crippen LogP contribution in [0.15, 0.2) is 53.6 Å². The number of aromatic amines is 1. The summed E-state index contributed by atoms with van der Waals surface area (Å²) in [6, 6.07) is 11.6. The number of Topliss-reactive ketones (excluding diaryl/α,β-unsaturated/α-hetero) is 1. The molecule has 2 aromatic heterocycles. The minimum atomic E-state index is -3.99. The highest BCUT2D eigenvalue weighted by Crippen LogP contribution is 2.23. The van der Waals surface area contributed by atoms with E-state index in [2.05, 4.69) is 9.97 Å². The molecule has 168 valence electrons. The second kappa shape index (κ2) is 9.46. The number of ether oxygens (including phenoxy) is 1. The number of hydrogen-bond acceptors (Lipinski definition) is 6. The lowest BCUT2D eigenvalue weighted by atomic mass is 10.1. The Morgan fingerprint density at radius 2 is 1.75 bits per heavy atom. The van der Waals surface area contributed by atoms with E-state index < -0.39 is 28.3 Å². The first-order chi connectivity index (χ1) is 15.1. The third-order valence-corrected chi connectivity index (χ3v) is 6.95. The second-order valence-electron chi connectivity index (χ2n) is 7.45. The Bertz CT molecular complexity index is 1230. The van der Waals surface area contributed by atoms with Gasteiger partial charge in [0.05, 0.1) is 30.8 Å². The number of nitrogens with one attached hydrogen (secondary N) is 1. The topological polar surface area (TPSA) is 109 Å². The average Bonchev–Trinajstić information content (AvgIpc) is 3.07. The minimum absolute atomic E-state index is 0.0742. The molecule has 1 aromatic carbocycles. The van der Waals surface area contributed by atoms with E-state index >= 15 is 0 Å². The van der Waals surface area contributed by atoms with E-state index in [0.29, 0.717) is 17.0 Å². The first kappa shape index (κ1) is 23.4. The van der Waals surface area contributed by atoms with Crippen molar-refractivity contribution in [3.05, 3.63) is 82.4 Å². The van der Waals surface area contributed by atoms with Crippen LogP contribution in [0.3, 0.4) is 0 Å². The Balaban J connectivity index is 1.99. The van der Waals surface area contributed by atoms with E-state index in [-0.39, 0.29) is 22.7 Å². The fourth-order valence-electron chi connectivity index (χ4n) is 3.47. The third kappa shape index (κ3) is 4.79. The van der Waals surface area contributed by atoms with E-state index in [4.69, 9.17) is 4.74 Å². The fraction of sp³-hybridized carbons (Fsp3) is 0.261. The summed E-state index contributed by atoms with van der Waals surface area (Å²) >= 11 is 0. The number of carbonyl (C=O) groups excluding carboxylic acids is 2. The molecular weight excluding hydrogens is 430 g/mol. The molecule has 32 heavy (non-hydrogen) atoms. The van der Waals surface area contributed by atoms with Crippen LogP contribution in [0.2, 0.25) is 0 Å². The fourth-order valence-corrected chi connectivity index (χ4v) is 4.84. The van der Waals surface area contributed by atoms with Gasteiger partial charge in [0, 0.05) is 17.5 Å². The van der Waals surface area contributed by atoms with Crippen molar-refractivity contribution in [2.45, 2.75) is 32.2 Å². The molecular formula is C23H25N3O5S. The SMILES string of the molecule is COC(=O)c1[nH]c(C)c(C(=O)CN(Cc2ccccn2)S(=O)(=O)c2ccc(C)cc2)c1C. The van der Waals surface area contributed by atoms with Crippen molar-refractivity contribution in [2.75, 3.05) is 13.7 Å². The average molecular weight is 456 g/mol. The van der Waals surface area contributed by atoms with Crippen LogP contribution >= 0.6 is 0 Å². The van der Waals surface area contributed by atoms with Crippen molar-refractivity contribution in [3.8, 4) is 0 Å². The Hall–Kier alpha value is -3.30. The van der Waals surface area contributed by atoms with Crippen molar-refractivity contribution in [2.24, 2.45) is 0 Å². The van der Waals surface area contributed by atoms with Crippen molar-refractivity contribution < 1.29 is 22.7 Å². The molecule has 0 spiro atoms. The third-order valence-electron chi connectivity index (χ3n) is 5.15. The first-order valence-corrected chi connectivity index (χ1v) is 11.4. The van der Waals surface area contributed by atoms with Crippen molar-refractivity contribution in [1.82, 2.24) is 14.3 Å². The number of aryl methyl sites for hydroxylation is 2. The number of methoxy groups -OCH3 is 1. The molecule has 0 fully saturated rings. The number of benzene rings is 1. The first-order valence-electron chi connectivity index (χ1n) is 9.92. The van der Waals surface area contributed by atoms with Gasteiger partial charge in [0.25, 0.3) is 0 Å². The molecule has 9 heteroatoms. The summed E-state index contributed by atoms with van der Waals surface area (Å²) in [5, 5.41) is 0. The molecule has 2 heterocycles. The van der Waals surface area contributed by atoms with E-state index in [1.165, 1.54) is 19.2 Å². The zero-order chi connectivity index (χ0) is 23.5. The van der Waals surface area contributed by atoms with Gasteiger partial charge in [-0.1, -0.05) is 23.8 Å². The van der Waals surface area contributed by atoms with Crippen molar-refractivity contribution >= 4 is 21.8 Å². The maximum Gasteiger partial charge on any atom is 0.354 e. The highest BCUT2D eigenvalue weighted by Gasteiger charge is 2.30. The summed E-state index contributed by atoms with van der Waals surface area (Å²) < 4.78 is 32.7. The van der Waals surface area contributed by atoms with Gasteiger partial charge in [-0.05, 0) is 50.6 Å². The molecule has 0 saturated heterocycles. The molecule has 1 N–H and O–H groups in total. The number of rotatable bonds is 8. The zero-order valence-corrected chi connectivity index (χ0v) is 19.2. The molecule has 8 nitrogen and oxygen atoms in total. The minimum Gasteiger partial charge on any atom is -0.464 e. The maximum absolute atomic E-state index is 13.4. The monoisotopic (exact) mass is 455 g/mol. The molecule has 0 aliphatic carbocycles. The number of esters is 1. The van der Waals surface area contributed by atoms with Crippen LogP contribution in [0.25, 0.3) is 0 Å². The molecule has 0 radical (unpaired) electrons. The maximum atomic E-state index is 13.4. The number of ketones is 1. The van der Waals surface area contributed by atoms with E-state index in [0.717, 1.165) is 9.87 Å². The zero-order valence-electron chi connectivity index (χ0n) is 18.4. The molecule has 0 aliphatic heterocycles. The highest BCUT2D eigenvalue weighted by molar-refractivity contribution is 7.89. The molecule has 0 unspecified atom stereocenters. The summed E-state index contributed by atoms with van der Waals surface area (Å²) in [6.07, 6.45) is 1.57. The standard InChI is InChI=1S/C23H25N3O5S/c1-15-8-10-19(11-9-15)32(29,30)26(13-18-7-5-6-12-24-18)14-20(27)21-16(2)22(23(28)31-4)25-17(21)3/h5-12,25H,13-14H2,1-4H3. The Labute approximate surface area is 187 Å². The van der Waals surface area contributed by atoms with E-state index in [9.17, 15) is 18.0 Å². The molecule has 0 saturated carbocycles. The lowest BCUT2D eigenvalue weighted by Gasteiger charge is -2.21. The van der Waals surface area contributed by atoms with Crippen LogP contribution in [0.1, 0.15) is 43.4 Å². The van der Waals surface area contributed by atoms with Crippen LogP contribution in [0, 0.1) is 20.8 Å². The van der Waals surface area contributed by atoms with Crippen LogP contribution in [0.5, 0.6) is 0 Å². The molecule has 0 atom stereocenters. The lowest BCUT2D eigenvalue weighted by Crippen LogP contribution is -2.36. The summed E-state index contributed by atoms with van der Waals surface area (Å²) in [7, 11) is -2.74. The summed E-state index contributed by atoms with van der Waals surface area (Å²) in [6.45, 7) is 4.66. The normalized spacial score (nSPS) is 11.5. The highest BCUT2D eigenvalue weighted by atomic mass is 32.2. The van der Waals surface area contributed by atoms with Crippen LogP contribution in [0.4, 0.5) is 0 Å². The predicted octanol–water partition coefficient (Wildman–Crippen LogP) is 3.20. The quantitative estimate of drug-likeness (QED) is 0.413. The smallest absolute Gasteiger partial charge is 0.354 e. The number of carbonyl (C=O) groups is 2. The predicted molar refractivity (Wildman–Crippen MR) is 119 cm³/mol. The number of H-pyrrole nitrogens is 1. The van der Waals surface area contributed by atoms with E-state index in [1.54, 1.807) is 50.4 Å². The second-order valence-corrected chi connectivity index (χ2v) is 9.38. The number of nitrogens with zero attached hydrogens (tertiary/aromatic N) is 2. The summed E-state index contributed by atoms with van der Waals surface area (Å²) in [5.74, 6) is -1.03. The van der Waals surface area contributed by atoms with Crippen LogP contribution in [-0.4, -0.2) is 48.1 Å². The van der Waals surface area contributed by atoms with E-state index in [1.807, 2.05) is 6.92 Å².